The molecule has 1 aromatic rings. The van der Waals surface area contributed by atoms with E-state index in [9.17, 15) is 4.79 Å². The fraction of sp³-hybridized carbons (Fsp3) is 0.538. The second kappa shape index (κ2) is 6.86. The number of pyridine rings is 1. The standard InChI is InChI=1S/C13H18BrN3O2/c14-9-1-2-12(15-7-9)8-16-10-3-5-11(6-4-10)17-13(18)19/h1-2,7,10-11,16-17H,3-6,8H2,(H,18,19). The average molecular weight is 328 g/mol. The molecule has 0 atom stereocenters. The van der Waals surface area contributed by atoms with Crippen molar-refractivity contribution in [2.24, 2.45) is 0 Å². The zero-order chi connectivity index (χ0) is 13.7. The average Bonchev–Trinajstić information content (AvgIpc) is 2.39. The Morgan fingerprint density at radius 3 is 2.58 bits per heavy atom. The summed E-state index contributed by atoms with van der Waals surface area (Å²) in [4.78, 5) is 14.9. The number of rotatable bonds is 4. The first-order valence-electron chi connectivity index (χ1n) is 6.47. The van der Waals surface area contributed by atoms with Gasteiger partial charge in [0.2, 0.25) is 0 Å². The third-order valence-corrected chi connectivity index (χ3v) is 3.88. The molecule has 0 spiro atoms. The lowest BCUT2D eigenvalue weighted by atomic mass is 9.91. The van der Waals surface area contributed by atoms with E-state index in [0.29, 0.717) is 6.04 Å². The predicted octanol–water partition coefficient (Wildman–Crippen LogP) is 2.51. The highest BCUT2D eigenvalue weighted by atomic mass is 79.9. The molecule has 1 saturated carbocycles. The van der Waals surface area contributed by atoms with Gasteiger partial charge in [0.1, 0.15) is 0 Å². The maximum Gasteiger partial charge on any atom is 0.404 e. The normalized spacial score (nSPS) is 23.0. The van der Waals surface area contributed by atoms with Gasteiger partial charge in [-0.15, -0.1) is 0 Å². The topological polar surface area (TPSA) is 74.2 Å². The van der Waals surface area contributed by atoms with Crippen molar-refractivity contribution in [1.82, 2.24) is 15.6 Å². The zero-order valence-electron chi connectivity index (χ0n) is 10.6. The van der Waals surface area contributed by atoms with E-state index in [1.165, 1.54) is 0 Å². The van der Waals surface area contributed by atoms with Gasteiger partial charge >= 0.3 is 6.09 Å². The smallest absolute Gasteiger partial charge is 0.404 e. The quantitative estimate of drug-likeness (QED) is 0.794. The summed E-state index contributed by atoms with van der Waals surface area (Å²) in [6.45, 7) is 0.759. The zero-order valence-corrected chi connectivity index (χ0v) is 12.2. The van der Waals surface area contributed by atoms with Crippen LogP contribution in [0.4, 0.5) is 4.79 Å². The van der Waals surface area contributed by atoms with Gasteiger partial charge in [-0.1, -0.05) is 0 Å². The Hall–Kier alpha value is -1.14. The monoisotopic (exact) mass is 327 g/mol. The lowest BCUT2D eigenvalue weighted by molar-refractivity contribution is 0.183. The molecule has 1 aliphatic rings. The van der Waals surface area contributed by atoms with Crippen molar-refractivity contribution in [3.63, 3.8) is 0 Å². The molecule has 1 amide bonds. The second-order valence-electron chi connectivity index (χ2n) is 4.85. The molecule has 0 radical (unpaired) electrons. The van der Waals surface area contributed by atoms with Crippen LogP contribution in [0.3, 0.4) is 0 Å². The molecule has 0 unspecified atom stereocenters. The minimum atomic E-state index is -0.921. The van der Waals surface area contributed by atoms with Crippen LogP contribution in [0, 0.1) is 0 Å². The lowest BCUT2D eigenvalue weighted by Crippen LogP contribution is -2.41. The molecule has 2 rings (SSSR count). The predicted molar refractivity (Wildman–Crippen MR) is 76.0 cm³/mol. The fourth-order valence-corrected chi connectivity index (χ4v) is 2.61. The van der Waals surface area contributed by atoms with E-state index in [1.54, 1.807) is 6.20 Å². The second-order valence-corrected chi connectivity index (χ2v) is 5.76. The molecular weight excluding hydrogens is 310 g/mol. The van der Waals surface area contributed by atoms with Gasteiger partial charge in [0.15, 0.2) is 0 Å². The summed E-state index contributed by atoms with van der Waals surface area (Å²) >= 11 is 3.36. The molecule has 0 saturated heterocycles. The van der Waals surface area contributed by atoms with Crippen LogP contribution in [-0.4, -0.2) is 28.3 Å². The SMILES string of the molecule is O=C(O)NC1CCC(NCc2ccc(Br)cn2)CC1. The van der Waals surface area contributed by atoms with Crippen molar-refractivity contribution >= 4 is 22.0 Å². The van der Waals surface area contributed by atoms with E-state index in [2.05, 4.69) is 31.5 Å². The molecule has 1 fully saturated rings. The van der Waals surface area contributed by atoms with Crippen molar-refractivity contribution in [2.45, 2.75) is 44.3 Å². The van der Waals surface area contributed by atoms with Crippen LogP contribution in [0.2, 0.25) is 0 Å². The number of carbonyl (C=O) groups is 1. The lowest BCUT2D eigenvalue weighted by Gasteiger charge is -2.28. The number of hydrogen-bond donors (Lipinski definition) is 3. The summed E-state index contributed by atoms with van der Waals surface area (Å²) < 4.78 is 0.983. The Labute approximate surface area is 120 Å². The first kappa shape index (κ1) is 14.3. The van der Waals surface area contributed by atoms with Crippen molar-refractivity contribution < 1.29 is 9.90 Å². The highest BCUT2D eigenvalue weighted by Gasteiger charge is 2.21. The van der Waals surface area contributed by atoms with E-state index in [0.717, 1.165) is 42.4 Å². The van der Waals surface area contributed by atoms with Crippen LogP contribution in [0.15, 0.2) is 22.8 Å². The molecule has 3 N–H and O–H groups in total. The van der Waals surface area contributed by atoms with Crippen LogP contribution in [-0.2, 0) is 6.54 Å². The fourth-order valence-electron chi connectivity index (χ4n) is 2.38. The summed E-state index contributed by atoms with van der Waals surface area (Å²) in [6.07, 6.45) is 4.68. The third kappa shape index (κ3) is 4.80. The minimum absolute atomic E-state index is 0.112. The van der Waals surface area contributed by atoms with Crippen LogP contribution < -0.4 is 10.6 Å². The maximum atomic E-state index is 10.5. The van der Waals surface area contributed by atoms with Gasteiger partial charge in [-0.3, -0.25) is 4.98 Å². The number of halogens is 1. The Bertz CT molecular complexity index is 416. The van der Waals surface area contributed by atoms with Crippen LogP contribution in [0.1, 0.15) is 31.4 Å². The van der Waals surface area contributed by atoms with Gasteiger partial charge in [-0.25, -0.2) is 4.79 Å². The van der Waals surface area contributed by atoms with Gasteiger partial charge in [-0.2, -0.15) is 0 Å². The number of hydrogen-bond acceptors (Lipinski definition) is 3. The molecule has 6 heteroatoms. The van der Waals surface area contributed by atoms with Crippen LogP contribution >= 0.6 is 15.9 Å². The first-order valence-corrected chi connectivity index (χ1v) is 7.26. The highest BCUT2D eigenvalue weighted by molar-refractivity contribution is 9.10. The Morgan fingerprint density at radius 2 is 2.00 bits per heavy atom. The Kier molecular flexibility index (Phi) is 5.15. The molecule has 0 bridgehead atoms. The van der Waals surface area contributed by atoms with E-state index >= 15 is 0 Å². The highest BCUT2D eigenvalue weighted by Crippen LogP contribution is 2.19. The molecular formula is C13H18BrN3O2. The van der Waals surface area contributed by atoms with Crippen molar-refractivity contribution in [3.8, 4) is 0 Å². The molecule has 1 heterocycles. The van der Waals surface area contributed by atoms with Gasteiger partial charge in [-0.05, 0) is 53.7 Å². The maximum absolute atomic E-state index is 10.5. The molecule has 104 valence electrons. The van der Waals surface area contributed by atoms with E-state index in [-0.39, 0.29) is 6.04 Å². The largest absolute Gasteiger partial charge is 0.465 e. The Balaban J connectivity index is 1.71. The van der Waals surface area contributed by atoms with E-state index in [1.807, 2.05) is 12.1 Å². The number of amides is 1. The summed E-state index contributed by atoms with van der Waals surface area (Å²) in [6, 6.07) is 4.55. The number of nitrogens with zero attached hydrogens (tertiary/aromatic N) is 1. The summed E-state index contributed by atoms with van der Waals surface area (Å²) in [7, 11) is 0. The summed E-state index contributed by atoms with van der Waals surface area (Å²) in [5.74, 6) is 0. The van der Waals surface area contributed by atoms with Gasteiger partial charge in [0.05, 0.1) is 5.69 Å². The third-order valence-electron chi connectivity index (χ3n) is 3.42. The molecule has 19 heavy (non-hydrogen) atoms. The van der Waals surface area contributed by atoms with E-state index < -0.39 is 6.09 Å². The molecule has 1 aliphatic carbocycles. The van der Waals surface area contributed by atoms with Crippen LogP contribution in [0.5, 0.6) is 0 Å². The van der Waals surface area contributed by atoms with Gasteiger partial charge in [0.25, 0.3) is 0 Å². The Morgan fingerprint density at radius 1 is 1.32 bits per heavy atom. The number of nitrogens with one attached hydrogen (secondary N) is 2. The van der Waals surface area contributed by atoms with Crippen LogP contribution in [0.25, 0.3) is 0 Å². The number of carboxylic acid groups (broad SMARTS) is 1. The van der Waals surface area contributed by atoms with Crippen molar-refractivity contribution in [3.05, 3.63) is 28.5 Å². The molecule has 5 nitrogen and oxygen atoms in total. The summed E-state index contributed by atoms with van der Waals surface area (Å²) in [5, 5.41) is 14.7. The first-order chi connectivity index (χ1) is 9.13. The molecule has 0 aromatic carbocycles. The number of aromatic nitrogens is 1. The van der Waals surface area contributed by atoms with E-state index in [4.69, 9.17) is 5.11 Å². The van der Waals surface area contributed by atoms with Crippen molar-refractivity contribution in [1.29, 1.82) is 0 Å². The van der Waals surface area contributed by atoms with Gasteiger partial charge < -0.3 is 15.7 Å². The minimum Gasteiger partial charge on any atom is -0.465 e. The van der Waals surface area contributed by atoms with Crippen molar-refractivity contribution in [2.75, 3.05) is 0 Å². The molecule has 0 aliphatic heterocycles. The molecule has 1 aromatic heterocycles. The summed E-state index contributed by atoms with van der Waals surface area (Å²) in [5.41, 5.74) is 1.02. The van der Waals surface area contributed by atoms with Gasteiger partial charge in [0, 0.05) is 29.3 Å².